The summed E-state index contributed by atoms with van der Waals surface area (Å²) in [5, 5.41) is 5.59. The number of carbonyl (C=O) groups excluding carboxylic acids is 2. The Bertz CT molecular complexity index is 1180. The Morgan fingerprint density at radius 2 is 1.44 bits per heavy atom. The van der Waals surface area contributed by atoms with Crippen molar-refractivity contribution >= 4 is 33.2 Å². The largest absolute Gasteiger partial charge is 0.345 e. The molecule has 0 radical (unpaired) electrons. The van der Waals surface area contributed by atoms with Crippen LogP contribution in [0.15, 0.2) is 84.9 Å². The molecule has 1 atom stereocenters. The maximum atomic E-state index is 12.9. The van der Waals surface area contributed by atoms with Gasteiger partial charge in [0.25, 0.3) is 5.91 Å². The van der Waals surface area contributed by atoms with Crippen molar-refractivity contribution in [2.45, 2.75) is 13.0 Å². The van der Waals surface area contributed by atoms with E-state index in [0.717, 1.165) is 16.1 Å². The van der Waals surface area contributed by atoms with E-state index in [-0.39, 0.29) is 17.5 Å². The molecule has 0 saturated heterocycles. The molecule has 0 unspecified atom stereocenters. The lowest BCUT2D eigenvalue weighted by Crippen LogP contribution is -2.37. The molecule has 3 aromatic carbocycles. The molecule has 3 rings (SSSR count). The number of sulfonamides is 1. The number of rotatable bonds is 8. The van der Waals surface area contributed by atoms with Crippen LogP contribution in [0.2, 0.25) is 0 Å². The van der Waals surface area contributed by atoms with Crippen molar-refractivity contribution in [1.29, 1.82) is 0 Å². The zero-order chi connectivity index (χ0) is 23.1. The standard InChI is InChI=1S/C24H25N3O4S/c1-18(19-11-5-3-6-12-19)25-24(29)21-15-9-10-16-22(21)26-23(28)17-27(32(2,30)31)20-13-7-4-8-14-20/h3-16,18H,17H2,1-2H3,(H,25,29)(H,26,28)/t18-/m0/s1. The average molecular weight is 452 g/mol. The summed E-state index contributed by atoms with van der Waals surface area (Å²) in [4.78, 5) is 25.6. The maximum Gasteiger partial charge on any atom is 0.253 e. The molecule has 0 aliphatic rings. The maximum absolute atomic E-state index is 12.9. The van der Waals surface area contributed by atoms with Crippen molar-refractivity contribution in [3.05, 3.63) is 96.1 Å². The van der Waals surface area contributed by atoms with Gasteiger partial charge in [-0.25, -0.2) is 8.42 Å². The summed E-state index contributed by atoms with van der Waals surface area (Å²) < 4.78 is 25.5. The fourth-order valence-electron chi connectivity index (χ4n) is 3.20. The zero-order valence-electron chi connectivity index (χ0n) is 17.9. The van der Waals surface area contributed by atoms with Gasteiger partial charge in [-0.2, -0.15) is 0 Å². The quantitative estimate of drug-likeness (QED) is 0.547. The van der Waals surface area contributed by atoms with Crippen LogP contribution in [0.1, 0.15) is 28.9 Å². The second-order valence-corrected chi connectivity index (χ2v) is 9.21. The van der Waals surface area contributed by atoms with Crippen LogP contribution < -0.4 is 14.9 Å². The van der Waals surface area contributed by atoms with Gasteiger partial charge >= 0.3 is 0 Å². The molecule has 7 nitrogen and oxygen atoms in total. The zero-order valence-corrected chi connectivity index (χ0v) is 18.7. The van der Waals surface area contributed by atoms with Gasteiger partial charge in [-0.3, -0.25) is 13.9 Å². The topological polar surface area (TPSA) is 95.6 Å². The Balaban J connectivity index is 1.75. The number of amides is 2. The molecule has 2 N–H and O–H groups in total. The molecule has 8 heteroatoms. The van der Waals surface area contributed by atoms with Gasteiger partial charge in [0, 0.05) is 0 Å². The Hall–Kier alpha value is -3.65. The molecule has 0 fully saturated rings. The first-order chi connectivity index (χ1) is 15.3. The third-order valence-electron chi connectivity index (χ3n) is 4.82. The summed E-state index contributed by atoms with van der Waals surface area (Å²) in [5.74, 6) is -0.907. The van der Waals surface area contributed by atoms with Crippen LogP contribution >= 0.6 is 0 Å². The number of hydrogen-bond donors (Lipinski definition) is 2. The number of nitrogens with zero attached hydrogens (tertiary/aromatic N) is 1. The Morgan fingerprint density at radius 3 is 2.06 bits per heavy atom. The minimum Gasteiger partial charge on any atom is -0.345 e. The Morgan fingerprint density at radius 1 is 0.875 bits per heavy atom. The molecular formula is C24H25N3O4S. The van der Waals surface area contributed by atoms with E-state index in [9.17, 15) is 18.0 Å². The molecule has 0 aliphatic heterocycles. The van der Waals surface area contributed by atoms with Crippen LogP contribution in [-0.2, 0) is 14.8 Å². The van der Waals surface area contributed by atoms with Crippen molar-refractivity contribution in [3.8, 4) is 0 Å². The first kappa shape index (κ1) is 23.0. The van der Waals surface area contributed by atoms with E-state index in [1.165, 1.54) is 0 Å². The van der Waals surface area contributed by atoms with E-state index in [0.29, 0.717) is 11.4 Å². The predicted molar refractivity (Wildman–Crippen MR) is 126 cm³/mol. The summed E-state index contributed by atoms with van der Waals surface area (Å²) in [5.41, 5.74) is 1.92. The number of carbonyl (C=O) groups is 2. The van der Waals surface area contributed by atoms with Crippen LogP contribution in [0.5, 0.6) is 0 Å². The SMILES string of the molecule is C[C@H](NC(=O)c1ccccc1NC(=O)CN(c1ccccc1)S(C)(=O)=O)c1ccccc1. The van der Waals surface area contributed by atoms with Crippen molar-refractivity contribution in [2.75, 3.05) is 22.4 Å². The highest BCUT2D eigenvalue weighted by molar-refractivity contribution is 7.92. The minimum atomic E-state index is -3.69. The average Bonchev–Trinajstić information content (AvgIpc) is 2.78. The monoisotopic (exact) mass is 451 g/mol. The first-order valence-electron chi connectivity index (χ1n) is 10.0. The summed E-state index contributed by atoms with van der Waals surface area (Å²) in [6.07, 6.45) is 1.04. The van der Waals surface area contributed by atoms with E-state index in [1.807, 2.05) is 37.3 Å². The lowest BCUT2D eigenvalue weighted by molar-refractivity contribution is -0.114. The highest BCUT2D eigenvalue weighted by Crippen LogP contribution is 2.20. The second kappa shape index (κ2) is 10.1. The molecule has 0 saturated carbocycles. The predicted octanol–water partition coefficient (Wildman–Crippen LogP) is 3.58. The third-order valence-corrected chi connectivity index (χ3v) is 5.97. The molecule has 0 heterocycles. The van der Waals surface area contributed by atoms with Gasteiger partial charge in [-0.15, -0.1) is 0 Å². The van der Waals surface area contributed by atoms with Crippen LogP contribution in [0.25, 0.3) is 0 Å². The molecule has 166 valence electrons. The minimum absolute atomic E-state index is 0.230. The number of benzene rings is 3. The van der Waals surface area contributed by atoms with E-state index in [1.54, 1.807) is 54.6 Å². The van der Waals surface area contributed by atoms with Crippen molar-refractivity contribution in [2.24, 2.45) is 0 Å². The number of nitrogens with one attached hydrogen (secondary N) is 2. The Labute approximate surface area is 188 Å². The van der Waals surface area contributed by atoms with Crippen LogP contribution in [0, 0.1) is 0 Å². The summed E-state index contributed by atoms with van der Waals surface area (Å²) in [6, 6.07) is 24.3. The molecule has 0 aliphatic carbocycles. The normalized spacial score (nSPS) is 11.9. The summed E-state index contributed by atoms with van der Waals surface area (Å²) >= 11 is 0. The van der Waals surface area contributed by atoms with Gasteiger partial charge in [0.2, 0.25) is 15.9 Å². The molecule has 2 amide bonds. The second-order valence-electron chi connectivity index (χ2n) is 7.30. The highest BCUT2D eigenvalue weighted by Gasteiger charge is 2.22. The van der Waals surface area contributed by atoms with Gasteiger partial charge in [0.1, 0.15) is 6.54 Å². The van der Waals surface area contributed by atoms with E-state index >= 15 is 0 Å². The number of anilines is 2. The lowest BCUT2D eigenvalue weighted by Gasteiger charge is -2.22. The fraction of sp³-hybridized carbons (Fsp3) is 0.167. The van der Waals surface area contributed by atoms with E-state index in [2.05, 4.69) is 10.6 Å². The summed E-state index contributed by atoms with van der Waals surface area (Å²) in [6.45, 7) is 1.46. The smallest absolute Gasteiger partial charge is 0.253 e. The van der Waals surface area contributed by atoms with Gasteiger partial charge in [0.15, 0.2) is 0 Å². The van der Waals surface area contributed by atoms with Crippen molar-refractivity contribution in [3.63, 3.8) is 0 Å². The molecule has 0 spiro atoms. The van der Waals surface area contributed by atoms with Crippen molar-refractivity contribution in [1.82, 2.24) is 5.32 Å². The van der Waals surface area contributed by atoms with Crippen LogP contribution in [0.3, 0.4) is 0 Å². The van der Waals surface area contributed by atoms with Crippen molar-refractivity contribution < 1.29 is 18.0 Å². The van der Waals surface area contributed by atoms with Gasteiger partial charge in [-0.1, -0.05) is 60.7 Å². The lowest BCUT2D eigenvalue weighted by atomic mass is 10.1. The molecule has 3 aromatic rings. The molecule has 0 bridgehead atoms. The van der Waals surface area contributed by atoms with Crippen LogP contribution in [0.4, 0.5) is 11.4 Å². The van der Waals surface area contributed by atoms with E-state index in [4.69, 9.17) is 0 Å². The van der Waals surface area contributed by atoms with E-state index < -0.39 is 22.5 Å². The first-order valence-corrected chi connectivity index (χ1v) is 11.9. The summed E-state index contributed by atoms with van der Waals surface area (Å²) in [7, 11) is -3.69. The molecule has 32 heavy (non-hydrogen) atoms. The number of para-hydroxylation sites is 2. The molecular weight excluding hydrogens is 426 g/mol. The fourth-order valence-corrected chi connectivity index (χ4v) is 4.06. The van der Waals surface area contributed by atoms with Gasteiger partial charge < -0.3 is 10.6 Å². The van der Waals surface area contributed by atoms with Gasteiger partial charge in [0.05, 0.1) is 29.2 Å². The van der Waals surface area contributed by atoms with Crippen LogP contribution in [-0.4, -0.2) is 33.0 Å². The molecule has 0 aromatic heterocycles. The Kier molecular flexibility index (Phi) is 7.27. The third kappa shape index (κ3) is 5.95. The highest BCUT2D eigenvalue weighted by atomic mass is 32.2. The van der Waals surface area contributed by atoms with Gasteiger partial charge in [-0.05, 0) is 36.8 Å². The number of hydrogen-bond acceptors (Lipinski definition) is 4.